The van der Waals surface area contributed by atoms with Crippen LogP contribution < -0.4 is 0 Å². The molecule has 0 bridgehead atoms. The molecule has 2 aromatic rings. The highest BCUT2D eigenvalue weighted by atomic mass is 32.2. The lowest BCUT2D eigenvalue weighted by Gasteiger charge is -2.28. The van der Waals surface area contributed by atoms with E-state index in [1.165, 1.54) is 22.7 Å². The van der Waals surface area contributed by atoms with Crippen LogP contribution >= 0.6 is 0 Å². The van der Waals surface area contributed by atoms with Gasteiger partial charge in [-0.25, -0.2) is 12.8 Å². The number of furan rings is 1. The topological polar surface area (TPSA) is 80.1 Å². The van der Waals surface area contributed by atoms with E-state index in [0.29, 0.717) is 18.8 Å². The predicted molar refractivity (Wildman–Crippen MR) is 137 cm³/mol. The molecule has 1 aromatic carbocycles. The molecule has 0 radical (unpaired) electrons. The average molecular weight is 523 g/mol. The van der Waals surface area contributed by atoms with Gasteiger partial charge in [0.05, 0.1) is 31.2 Å². The van der Waals surface area contributed by atoms with Crippen molar-refractivity contribution in [2.45, 2.75) is 77.5 Å². The molecule has 200 valence electrons. The van der Waals surface area contributed by atoms with Crippen LogP contribution in [0.4, 0.5) is 4.39 Å². The molecule has 1 aromatic heterocycles. The summed E-state index contributed by atoms with van der Waals surface area (Å²) in [5, 5.41) is 0. The van der Waals surface area contributed by atoms with Gasteiger partial charge in [0.15, 0.2) is 0 Å². The van der Waals surface area contributed by atoms with E-state index in [0.717, 1.165) is 50.5 Å². The van der Waals surface area contributed by atoms with Gasteiger partial charge in [0.2, 0.25) is 15.9 Å². The lowest BCUT2D eigenvalue weighted by Crippen LogP contribution is -2.46. The van der Waals surface area contributed by atoms with Gasteiger partial charge in [0.1, 0.15) is 11.6 Å². The number of rotatable bonds is 16. The normalized spacial score (nSPS) is 16.0. The summed E-state index contributed by atoms with van der Waals surface area (Å²) in [4.78, 5) is 15.0. The Hall–Kier alpha value is -2.23. The first-order chi connectivity index (χ1) is 17.4. The summed E-state index contributed by atoms with van der Waals surface area (Å²) in [5.74, 6) is -0.0764. The molecular weight excluding hydrogens is 483 g/mol. The van der Waals surface area contributed by atoms with Crippen molar-refractivity contribution < 1.29 is 26.8 Å². The third-order valence-corrected chi connectivity index (χ3v) is 8.33. The van der Waals surface area contributed by atoms with E-state index in [1.54, 1.807) is 29.2 Å². The van der Waals surface area contributed by atoms with Crippen molar-refractivity contribution >= 4 is 15.9 Å². The van der Waals surface area contributed by atoms with Crippen molar-refractivity contribution in [2.75, 3.05) is 25.4 Å². The van der Waals surface area contributed by atoms with Gasteiger partial charge in [-0.05, 0) is 49.1 Å². The fourth-order valence-electron chi connectivity index (χ4n) is 4.37. The van der Waals surface area contributed by atoms with E-state index < -0.39 is 10.0 Å². The molecule has 1 amide bonds. The van der Waals surface area contributed by atoms with Gasteiger partial charge >= 0.3 is 0 Å². The minimum Gasteiger partial charge on any atom is -0.467 e. The summed E-state index contributed by atoms with van der Waals surface area (Å²) in [7, 11) is -3.64. The van der Waals surface area contributed by atoms with Gasteiger partial charge in [-0.1, -0.05) is 51.2 Å². The van der Waals surface area contributed by atoms with Gasteiger partial charge < -0.3 is 14.1 Å². The monoisotopic (exact) mass is 522 g/mol. The van der Waals surface area contributed by atoms with Gasteiger partial charge in [-0.2, -0.15) is 4.31 Å². The van der Waals surface area contributed by atoms with Gasteiger partial charge in [0.25, 0.3) is 0 Å². The molecule has 1 aliphatic rings. The van der Waals surface area contributed by atoms with Crippen molar-refractivity contribution in [3.63, 3.8) is 0 Å². The third-order valence-electron chi connectivity index (χ3n) is 6.46. The van der Waals surface area contributed by atoms with E-state index >= 15 is 0 Å². The molecule has 0 saturated carbocycles. The molecule has 2 heterocycles. The molecule has 0 aliphatic carbocycles. The van der Waals surface area contributed by atoms with Crippen LogP contribution in [0.2, 0.25) is 0 Å². The van der Waals surface area contributed by atoms with Crippen LogP contribution in [0.3, 0.4) is 0 Å². The average Bonchev–Trinajstić information content (AvgIpc) is 3.56. The highest BCUT2D eigenvalue weighted by molar-refractivity contribution is 7.89. The zero-order chi connectivity index (χ0) is 25.8. The lowest BCUT2D eigenvalue weighted by molar-refractivity contribution is -0.133. The zero-order valence-electron chi connectivity index (χ0n) is 21.2. The number of hydrogen-bond donors (Lipinski definition) is 0. The quantitative estimate of drug-likeness (QED) is 0.286. The Balaban J connectivity index is 1.70. The molecule has 9 heteroatoms. The van der Waals surface area contributed by atoms with E-state index in [4.69, 9.17) is 9.15 Å². The Morgan fingerprint density at radius 2 is 1.81 bits per heavy atom. The minimum atomic E-state index is -3.64. The Labute approximate surface area is 214 Å². The number of halogens is 1. The summed E-state index contributed by atoms with van der Waals surface area (Å²) >= 11 is 0. The zero-order valence-corrected chi connectivity index (χ0v) is 22.1. The van der Waals surface area contributed by atoms with Crippen molar-refractivity contribution in [1.29, 1.82) is 0 Å². The first-order valence-corrected chi connectivity index (χ1v) is 14.6. The van der Waals surface area contributed by atoms with E-state index in [1.807, 2.05) is 0 Å². The minimum absolute atomic E-state index is 0.0231. The number of ether oxygens (including phenoxy) is 1. The molecule has 0 N–H and O–H groups in total. The molecule has 3 rings (SSSR count). The van der Waals surface area contributed by atoms with Crippen molar-refractivity contribution in [3.05, 3.63) is 59.8 Å². The first kappa shape index (κ1) is 28.3. The van der Waals surface area contributed by atoms with Crippen LogP contribution in [0, 0.1) is 5.82 Å². The van der Waals surface area contributed by atoms with Crippen molar-refractivity contribution in [2.24, 2.45) is 0 Å². The van der Waals surface area contributed by atoms with Gasteiger partial charge in [-0.3, -0.25) is 4.79 Å². The Morgan fingerprint density at radius 3 is 2.47 bits per heavy atom. The number of amides is 1. The second-order valence-corrected chi connectivity index (χ2v) is 11.6. The van der Waals surface area contributed by atoms with Crippen molar-refractivity contribution in [1.82, 2.24) is 9.21 Å². The van der Waals surface area contributed by atoms with Crippen LogP contribution in [-0.2, 0) is 32.6 Å². The second kappa shape index (κ2) is 14.5. The number of sulfonamides is 1. The standard InChI is InChI=1S/C27H39FN2O5S/c1-2-3-4-5-6-7-18-36(32,33)30(21-26-11-9-17-35-26)22-27(31)29(20-25-10-8-16-34-25)19-23-12-14-24(28)15-13-23/h8,10,12-16,26H,2-7,9,11,17-22H2,1H3. The summed E-state index contributed by atoms with van der Waals surface area (Å²) < 4.78 is 52.5. The van der Waals surface area contributed by atoms with Crippen LogP contribution in [0.1, 0.15) is 69.6 Å². The molecule has 36 heavy (non-hydrogen) atoms. The number of unbranched alkanes of at least 4 members (excludes halogenated alkanes) is 5. The summed E-state index contributed by atoms with van der Waals surface area (Å²) in [5.41, 5.74) is 0.747. The molecule has 1 unspecified atom stereocenters. The molecule has 1 saturated heterocycles. The highest BCUT2D eigenvalue weighted by Crippen LogP contribution is 2.18. The highest BCUT2D eigenvalue weighted by Gasteiger charge is 2.31. The summed E-state index contributed by atoms with van der Waals surface area (Å²) in [6.07, 6.45) is 8.86. The number of carbonyl (C=O) groups is 1. The summed E-state index contributed by atoms with van der Waals surface area (Å²) in [6.45, 7) is 3.07. The molecular formula is C27H39FN2O5S. The summed E-state index contributed by atoms with van der Waals surface area (Å²) in [6, 6.07) is 9.45. The second-order valence-electron chi connectivity index (χ2n) is 9.47. The fraction of sp³-hybridized carbons (Fsp3) is 0.593. The Kier molecular flexibility index (Phi) is 11.4. The van der Waals surface area contributed by atoms with E-state index in [2.05, 4.69) is 6.92 Å². The van der Waals surface area contributed by atoms with Crippen LogP contribution in [-0.4, -0.2) is 55.1 Å². The fourth-order valence-corrected chi connectivity index (χ4v) is 5.90. The molecule has 0 spiro atoms. The maximum atomic E-state index is 13.5. The molecule has 1 atom stereocenters. The van der Waals surface area contributed by atoms with E-state index in [-0.39, 0.29) is 49.8 Å². The lowest BCUT2D eigenvalue weighted by atomic mass is 10.1. The number of hydrogen-bond acceptors (Lipinski definition) is 5. The van der Waals surface area contributed by atoms with Crippen LogP contribution in [0.25, 0.3) is 0 Å². The van der Waals surface area contributed by atoms with Crippen LogP contribution in [0.15, 0.2) is 47.1 Å². The molecule has 1 aliphatic heterocycles. The van der Waals surface area contributed by atoms with Crippen LogP contribution in [0.5, 0.6) is 0 Å². The molecule has 1 fully saturated rings. The Bertz CT molecular complexity index is 1010. The van der Waals surface area contributed by atoms with E-state index in [9.17, 15) is 17.6 Å². The SMILES string of the molecule is CCCCCCCCS(=O)(=O)N(CC(=O)N(Cc1ccc(F)cc1)Cc1ccco1)CC1CCCO1. The maximum absolute atomic E-state index is 13.5. The third kappa shape index (κ3) is 9.33. The number of benzene rings is 1. The van der Waals surface area contributed by atoms with Gasteiger partial charge in [0, 0.05) is 19.7 Å². The maximum Gasteiger partial charge on any atom is 0.238 e. The Morgan fingerprint density at radius 1 is 1.06 bits per heavy atom. The number of nitrogens with zero attached hydrogens (tertiary/aromatic N) is 2. The van der Waals surface area contributed by atoms with Crippen molar-refractivity contribution in [3.8, 4) is 0 Å². The van der Waals surface area contributed by atoms with Gasteiger partial charge in [-0.15, -0.1) is 0 Å². The predicted octanol–water partition coefficient (Wildman–Crippen LogP) is 5.12. The molecule has 7 nitrogen and oxygen atoms in total. The number of carbonyl (C=O) groups excluding carboxylic acids is 1. The largest absolute Gasteiger partial charge is 0.467 e. The smallest absolute Gasteiger partial charge is 0.238 e. The first-order valence-electron chi connectivity index (χ1n) is 13.0.